The molecule has 1 aromatic heterocycles. The molecule has 1 N–H and O–H groups in total. The third kappa shape index (κ3) is 7.44. The van der Waals surface area contributed by atoms with Crippen molar-refractivity contribution >= 4 is 46.0 Å². The van der Waals surface area contributed by atoms with Gasteiger partial charge in [-0.2, -0.15) is 0 Å². The van der Waals surface area contributed by atoms with Crippen molar-refractivity contribution in [3.8, 4) is 5.75 Å². The Morgan fingerprint density at radius 3 is 2.45 bits per heavy atom. The molecular formula is C36H37ClN4O6. The highest BCUT2D eigenvalue weighted by Gasteiger charge is 2.31. The predicted octanol–water partition coefficient (Wildman–Crippen LogP) is 4.66. The molecule has 0 bridgehead atoms. The van der Waals surface area contributed by atoms with Gasteiger partial charge in [0.25, 0.3) is 5.91 Å². The van der Waals surface area contributed by atoms with Crippen LogP contribution in [0, 0.1) is 0 Å². The number of nitrogens with zero attached hydrogens (tertiary/aromatic N) is 3. The largest absolute Gasteiger partial charge is 0.494 e. The SMILES string of the molecule is CCOc1ccc2oc(C(=O)N[C@H](Cc3ccc(Cl)cc3)C(=O)N3CCN(c4ccccc4CN4CCCC4=O)CC3)cc(=O)c2c1. The summed E-state index contributed by atoms with van der Waals surface area (Å²) in [5.74, 6) is -0.354. The fourth-order valence-corrected chi connectivity index (χ4v) is 6.33. The van der Waals surface area contributed by atoms with E-state index in [0.29, 0.717) is 61.9 Å². The summed E-state index contributed by atoms with van der Waals surface area (Å²) in [5.41, 5.74) is 2.83. The van der Waals surface area contributed by atoms with Crippen LogP contribution in [0.5, 0.6) is 5.75 Å². The fraction of sp³-hybridized carbons (Fsp3) is 0.333. The number of anilines is 1. The molecule has 244 valence electrons. The topological polar surface area (TPSA) is 112 Å². The minimum absolute atomic E-state index is 0.182. The van der Waals surface area contributed by atoms with Crippen molar-refractivity contribution in [2.24, 2.45) is 0 Å². The van der Waals surface area contributed by atoms with E-state index in [9.17, 15) is 19.2 Å². The number of likely N-dealkylation sites (tertiary alicyclic amines) is 1. The van der Waals surface area contributed by atoms with Gasteiger partial charge in [0.1, 0.15) is 17.4 Å². The van der Waals surface area contributed by atoms with Gasteiger partial charge in [-0.25, -0.2) is 0 Å². The highest BCUT2D eigenvalue weighted by Crippen LogP contribution is 2.26. The molecule has 0 aliphatic carbocycles. The Balaban J connectivity index is 1.18. The number of benzene rings is 3. The first-order chi connectivity index (χ1) is 22.8. The second kappa shape index (κ2) is 14.3. The number of ether oxygens (including phenoxy) is 1. The lowest BCUT2D eigenvalue weighted by atomic mass is 10.0. The number of halogens is 1. The number of carbonyl (C=O) groups is 3. The van der Waals surface area contributed by atoms with Gasteiger partial charge < -0.3 is 29.2 Å². The Morgan fingerprint density at radius 2 is 1.72 bits per heavy atom. The molecule has 0 saturated carbocycles. The van der Waals surface area contributed by atoms with E-state index in [-0.39, 0.29) is 35.0 Å². The Labute approximate surface area is 277 Å². The van der Waals surface area contributed by atoms with Gasteiger partial charge >= 0.3 is 0 Å². The standard InChI is InChI=1S/C36H37ClN4O6/c1-2-46-27-13-14-32-28(21-27)31(42)22-33(47-32)35(44)38-29(20-24-9-11-26(37)12-10-24)36(45)40-18-16-39(17-19-40)30-7-4-3-6-25(30)23-41-15-5-8-34(41)43/h3-4,6-7,9-14,21-22,29H,2,5,8,15-20,23H2,1H3,(H,38,44)/t29-/m1/s1. The zero-order chi connectivity index (χ0) is 32.9. The summed E-state index contributed by atoms with van der Waals surface area (Å²) in [6.45, 7) is 5.75. The van der Waals surface area contributed by atoms with Crippen molar-refractivity contribution in [1.29, 1.82) is 0 Å². The van der Waals surface area contributed by atoms with Crippen molar-refractivity contribution in [3.05, 3.63) is 105 Å². The maximum Gasteiger partial charge on any atom is 0.287 e. The van der Waals surface area contributed by atoms with E-state index >= 15 is 0 Å². The first kappa shape index (κ1) is 32.1. The maximum absolute atomic E-state index is 14.0. The number of rotatable bonds is 10. The van der Waals surface area contributed by atoms with Gasteiger partial charge in [0.05, 0.1) is 12.0 Å². The summed E-state index contributed by atoms with van der Waals surface area (Å²) in [4.78, 5) is 58.6. The Kier molecular flexibility index (Phi) is 9.77. The molecule has 2 aliphatic heterocycles. The van der Waals surface area contributed by atoms with Crippen LogP contribution in [0.3, 0.4) is 0 Å². The molecule has 3 amide bonds. The van der Waals surface area contributed by atoms with Crippen molar-refractivity contribution in [3.63, 3.8) is 0 Å². The molecule has 3 aromatic carbocycles. The summed E-state index contributed by atoms with van der Waals surface area (Å²) in [6.07, 6.45) is 1.71. The van der Waals surface area contributed by atoms with E-state index in [4.69, 9.17) is 20.8 Å². The average molecular weight is 657 g/mol. The van der Waals surface area contributed by atoms with Gasteiger partial charge in [-0.05, 0) is 60.9 Å². The molecular weight excluding hydrogens is 620 g/mol. The lowest BCUT2D eigenvalue weighted by molar-refractivity contribution is -0.133. The van der Waals surface area contributed by atoms with Gasteiger partial charge in [-0.1, -0.05) is 41.9 Å². The van der Waals surface area contributed by atoms with Crippen LogP contribution >= 0.6 is 11.6 Å². The summed E-state index contributed by atoms with van der Waals surface area (Å²) in [7, 11) is 0. The summed E-state index contributed by atoms with van der Waals surface area (Å²) in [5, 5.41) is 3.71. The molecule has 2 fully saturated rings. The van der Waals surface area contributed by atoms with Crippen molar-refractivity contribution in [2.45, 2.75) is 38.8 Å². The minimum atomic E-state index is -0.912. The summed E-state index contributed by atoms with van der Waals surface area (Å²) < 4.78 is 11.3. The average Bonchev–Trinajstić information content (AvgIpc) is 3.49. The third-order valence-electron chi connectivity index (χ3n) is 8.65. The number of hydrogen-bond donors (Lipinski definition) is 1. The number of para-hydroxylation sites is 1. The lowest BCUT2D eigenvalue weighted by Gasteiger charge is -2.38. The monoisotopic (exact) mass is 656 g/mol. The van der Waals surface area contributed by atoms with Gasteiger partial charge in [-0.15, -0.1) is 0 Å². The first-order valence-electron chi connectivity index (χ1n) is 15.9. The van der Waals surface area contributed by atoms with Gasteiger partial charge in [0.15, 0.2) is 11.2 Å². The molecule has 2 aliphatic rings. The van der Waals surface area contributed by atoms with Crippen molar-refractivity contribution in [2.75, 3.05) is 44.2 Å². The van der Waals surface area contributed by atoms with Gasteiger partial charge in [-0.3, -0.25) is 19.2 Å². The second-order valence-electron chi connectivity index (χ2n) is 11.8. The van der Waals surface area contributed by atoms with Crippen LogP contribution in [0.25, 0.3) is 11.0 Å². The molecule has 10 nitrogen and oxygen atoms in total. The maximum atomic E-state index is 14.0. The number of amides is 3. The number of nitrogens with one attached hydrogen (secondary N) is 1. The zero-order valence-electron chi connectivity index (χ0n) is 26.2. The lowest BCUT2D eigenvalue weighted by Crippen LogP contribution is -2.55. The molecule has 6 rings (SSSR count). The van der Waals surface area contributed by atoms with Crippen LogP contribution in [-0.2, 0) is 22.6 Å². The normalized spacial score (nSPS) is 15.6. The molecule has 4 aromatic rings. The van der Waals surface area contributed by atoms with Crippen LogP contribution < -0.4 is 20.4 Å². The van der Waals surface area contributed by atoms with Crippen molar-refractivity contribution < 1.29 is 23.5 Å². The molecule has 0 spiro atoms. The minimum Gasteiger partial charge on any atom is -0.494 e. The zero-order valence-corrected chi connectivity index (χ0v) is 27.0. The smallest absolute Gasteiger partial charge is 0.287 e. The van der Waals surface area contributed by atoms with E-state index in [0.717, 1.165) is 35.8 Å². The molecule has 0 unspecified atom stereocenters. The highest BCUT2D eigenvalue weighted by molar-refractivity contribution is 6.30. The number of piperazine rings is 1. The fourth-order valence-electron chi connectivity index (χ4n) is 6.21. The van der Waals surface area contributed by atoms with Crippen LogP contribution in [0.2, 0.25) is 5.02 Å². The number of fused-ring (bicyclic) bond motifs is 1. The Bertz CT molecular complexity index is 1830. The molecule has 1 atom stereocenters. The van der Waals surface area contributed by atoms with Crippen LogP contribution in [0.4, 0.5) is 5.69 Å². The van der Waals surface area contributed by atoms with E-state index in [1.54, 1.807) is 35.2 Å². The van der Waals surface area contributed by atoms with Crippen LogP contribution in [-0.4, -0.2) is 72.9 Å². The summed E-state index contributed by atoms with van der Waals surface area (Å²) in [6, 6.07) is 20.3. The summed E-state index contributed by atoms with van der Waals surface area (Å²) >= 11 is 6.10. The van der Waals surface area contributed by atoms with Gasteiger partial charge in [0.2, 0.25) is 11.8 Å². The van der Waals surface area contributed by atoms with E-state index in [2.05, 4.69) is 22.3 Å². The molecule has 0 radical (unpaired) electrons. The molecule has 3 heterocycles. The molecule has 11 heteroatoms. The molecule has 2 saturated heterocycles. The van der Waals surface area contributed by atoms with E-state index in [1.807, 2.05) is 36.1 Å². The highest BCUT2D eigenvalue weighted by atomic mass is 35.5. The van der Waals surface area contributed by atoms with Crippen LogP contribution in [0.1, 0.15) is 41.4 Å². The van der Waals surface area contributed by atoms with E-state index in [1.165, 1.54) is 0 Å². The molecule has 47 heavy (non-hydrogen) atoms. The second-order valence-corrected chi connectivity index (χ2v) is 12.2. The van der Waals surface area contributed by atoms with Crippen molar-refractivity contribution in [1.82, 2.24) is 15.1 Å². The Hall–Kier alpha value is -4.83. The van der Waals surface area contributed by atoms with E-state index < -0.39 is 11.9 Å². The Morgan fingerprint density at radius 1 is 0.957 bits per heavy atom. The number of carbonyl (C=O) groups excluding carboxylic acids is 3. The first-order valence-corrected chi connectivity index (χ1v) is 16.3. The predicted molar refractivity (Wildman–Crippen MR) is 180 cm³/mol. The number of hydrogen-bond acceptors (Lipinski definition) is 7. The van der Waals surface area contributed by atoms with Gasteiger partial charge in [0, 0.05) is 68.9 Å². The third-order valence-corrected chi connectivity index (χ3v) is 8.90. The van der Waals surface area contributed by atoms with Crippen LogP contribution in [0.15, 0.2) is 82.0 Å². The quantitative estimate of drug-likeness (QED) is 0.264.